The molecule has 388 valence electrons. The highest BCUT2D eigenvalue weighted by Crippen LogP contribution is 2.78. The van der Waals surface area contributed by atoms with Gasteiger partial charge in [0.25, 0.3) is 0 Å². The number of para-hydroxylation sites is 6. The maximum Gasteiger partial charge on any atom is 0.0877 e. The zero-order chi connectivity index (χ0) is 49.6. The molecule has 0 radical (unpaired) electrons. The smallest absolute Gasteiger partial charge is 0.0877 e. The Bertz CT molecular complexity index is 2740. The Kier molecular flexibility index (Phi) is 11.2. The Hall–Kier alpha value is -4.78. The molecule has 6 aliphatic heterocycles. The molecule has 6 aromatic carbocycles. The van der Waals surface area contributed by atoms with Crippen molar-refractivity contribution in [1.29, 1.82) is 0 Å². The molecule has 22 atom stereocenters. The van der Waals surface area contributed by atoms with Crippen LogP contribution in [0.5, 0.6) is 0 Å². The summed E-state index contributed by atoms with van der Waals surface area (Å²) in [5, 5.41) is 0. The van der Waals surface area contributed by atoms with Crippen molar-refractivity contribution in [1.82, 2.24) is 0 Å². The summed E-state index contributed by atoms with van der Waals surface area (Å²) in [4.78, 5) is 11.4. The molecule has 0 bridgehead atoms. The first kappa shape index (κ1) is 46.2. The zero-order valence-electron chi connectivity index (χ0n) is 43.3. The number of anilines is 6. The van der Waals surface area contributed by atoms with E-state index in [2.05, 4.69) is 202 Å². The second-order valence-electron chi connectivity index (χ2n) is 24.3. The van der Waals surface area contributed by atoms with E-state index in [0.717, 1.165) is 38.5 Å². The van der Waals surface area contributed by atoms with E-state index in [-0.39, 0.29) is 73.0 Å². The van der Waals surface area contributed by atoms with Crippen molar-refractivity contribution in [3.63, 3.8) is 0 Å². The maximum atomic E-state index is 8.49. The van der Waals surface area contributed by atoms with Crippen LogP contribution in [-0.4, -0.2) is 119 Å². The van der Waals surface area contributed by atoms with Gasteiger partial charge < -0.3 is 38.5 Å². The Morgan fingerprint density at radius 1 is 0.329 bits per heavy atom. The topological polar surface area (TPSA) is 49.9 Å². The predicted octanol–water partition coefficient (Wildman–Crippen LogP) is 13.1. The fourth-order valence-corrected chi connectivity index (χ4v) is 28.5. The molecule has 11 fully saturated rings. The summed E-state index contributed by atoms with van der Waals surface area (Å²) in [7, 11) is -1.10. The summed E-state index contributed by atoms with van der Waals surface area (Å²) >= 11 is 0. The minimum absolute atomic E-state index is 0.0845. The third-order valence-corrected chi connectivity index (χ3v) is 28.9. The normalized spacial score (nSPS) is 41.7. The highest BCUT2D eigenvalue weighted by atomic mass is 31.1. The van der Waals surface area contributed by atoms with Crippen LogP contribution in [0.15, 0.2) is 182 Å². The number of hydrogen-bond acceptors (Lipinski definition) is 8. The van der Waals surface area contributed by atoms with E-state index >= 15 is 0 Å². The SMILES string of the molecule is c1ccc(N(c2ccccc2)C2CC3OC4CCCC5C4P4C3C(C2)OC2C3C6C(OC7CC(N(c8ccccc8)c8ccccc8)CC8OC9CCCC(C9P6C87)N3c3ccccc3)C(C24)N5c2ccccc2)cc1. The van der Waals surface area contributed by atoms with E-state index in [1.807, 2.05) is 0 Å². The number of benzene rings is 6. The van der Waals surface area contributed by atoms with Crippen molar-refractivity contribution < 1.29 is 18.9 Å². The predicted molar refractivity (Wildman–Crippen MR) is 308 cm³/mol. The van der Waals surface area contributed by atoms with Crippen molar-refractivity contribution in [3.05, 3.63) is 182 Å². The average Bonchev–Trinajstić information content (AvgIpc) is 3.66. The van der Waals surface area contributed by atoms with Gasteiger partial charge >= 0.3 is 0 Å². The van der Waals surface area contributed by atoms with Gasteiger partial charge in [-0.15, -0.1) is 0 Å². The molecule has 0 N–H and O–H groups in total. The molecule has 10 heteroatoms. The van der Waals surface area contributed by atoms with Crippen LogP contribution in [-0.2, 0) is 18.9 Å². The summed E-state index contributed by atoms with van der Waals surface area (Å²) < 4.78 is 32.6. The van der Waals surface area contributed by atoms with E-state index < -0.39 is 15.8 Å². The molecule has 76 heavy (non-hydrogen) atoms. The summed E-state index contributed by atoms with van der Waals surface area (Å²) in [5.41, 5.74) is 10.3. The molecule has 6 aromatic rings. The first-order valence-electron chi connectivity index (χ1n) is 29.4. The zero-order valence-corrected chi connectivity index (χ0v) is 45.0. The molecule has 6 saturated heterocycles. The monoisotopic (exact) mass is 1040 g/mol. The van der Waals surface area contributed by atoms with Gasteiger partial charge in [-0.2, -0.15) is 0 Å². The Morgan fingerprint density at radius 2 is 0.645 bits per heavy atom. The molecule has 5 saturated carbocycles. The third-order valence-electron chi connectivity index (χ3n) is 20.9. The van der Waals surface area contributed by atoms with Gasteiger partial charge in [-0.25, -0.2) is 0 Å². The first-order valence-corrected chi connectivity index (χ1v) is 32.5. The molecule has 22 unspecified atom stereocenters. The van der Waals surface area contributed by atoms with E-state index in [9.17, 15) is 0 Å². The van der Waals surface area contributed by atoms with Gasteiger partial charge in [-0.3, -0.25) is 0 Å². The minimum Gasteiger partial charge on any atom is -0.373 e. The Morgan fingerprint density at radius 3 is 0.987 bits per heavy atom. The molecule has 0 spiro atoms. The number of fused-ring (bicyclic) bond motifs is 2. The summed E-state index contributed by atoms with van der Waals surface area (Å²) in [6, 6.07) is 70.1. The largest absolute Gasteiger partial charge is 0.373 e. The van der Waals surface area contributed by atoms with Crippen LogP contribution in [0.2, 0.25) is 0 Å². The lowest BCUT2D eigenvalue weighted by molar-refractivity contribution is -0.171. The van der Waals surface area contributed by atoms with Gasteiger partial charge in [0.1, 0.15) is 0 Å². The molecule has 8 nitrogen and oxygen atoms in total. The van der Waals surface area contributed by atoms with Gasteiger partial charge in [0, 0.05) is 92.2 Å². The van der Waals surface area contributed by atoms with Gasteiger partial charge in [0.15, 0.2) is 0 Å². The Balaban J connectivity index is 0.850. The van der Waals surface area contributed by atoms with E-state index in [4.69, 9.17) is 18.9 Å². The van der Waals surface area contributed by atoms with Crippen LogP contribution in [0.25, 0.3) is 0 Å². The summed E-state index contributed by atoms with van der Waals surface area (Å²) in [6.07, 6.45) is 12.5. The molecular weight excluding hydrogens is 975 g/mol. The second kappa shape index (κ2) is 18.4. The molecule has 0 amide bonds. The fourth-order valence-electron chi connectivity index (χ4n) is 18.7. The average molecular weight is 1050 g/mol. The van der Waals surface area contributed by atoms with Crippen LogP contribution in [0.4, 0.5) is 34.1 Å². The van der Waals surface area contributed by atoms with Crippen molar-refractivity contribution in [2.75, 3.05) is 19.6 Å². The molecule has 17 rings (SSSR count). The lowest BCUT2D eigenvalue weighted by Gasteiger charge is -2.77. The van der Waals surface area contributed by atoms with E-state index in [1.165, 1.54) is 59.8 Å². The second-order valence-corrected chi connectivity index (χ2v) is 29.7. The van der Waals surface area contributed by atoms with Gasteiger partial charge in [-0.1, -0.05) is 125 Å². The van der Waals surface area contributed by atoms with Crippen LogP contribution in [0.1, 0.15) is 64.2 Å². The quantitative estimate of drug-likeness (QED) is 0.140. The van der Waals surface area contributed by atoms with Crippen molar-refractivity contribution in [2.24, 2.45) is 0 Å². The van der Waals surface area contributed by atoms with E-state index in [1.54, 1.807) is 0 Å². The third kappa shape index (κ3) is 6.95. The van der Waals surface area contributed by atoms with Crippen LogP contribution in [0, 0.1) is 0 Å². The highest BCUT2D eigenvalue weighted by Gasteiger charge is 2.76. The van der Waals surface area contributed by atoms with Gasteiger partial charge in [0.05, 0.1) is 60.9 Å². The van der Waals surface area contributed by atoms with Crippen molar-refractivity contribution in [2.45, 2.75) is 183 Å². The maximum absolute atomic E-state index is 8.49. The number of ether oxygens (including phenoxy) is 4. The van der Waals surface area contributed by atoms with Crippen LogP contribution >= 0.6 is 15.8 Å². The first-order chi connectivity index (χ1) is 37.7. The molecular formula is C66H70N4O4P2. The van der Waals surface area contributed by atoms with Gasteiger partial charge in [0.2, 0.25) is 0 Å². The van der Waals surface area contributed by atoms with Crippen molar-refractivity contribution in [3.8, 4) is 0 Å². The number of hydrogen-bond donors (Lipinski definition) is 0. The fraction of sp³-hybridized carbons (Fsp3) is 0.455. The molecule has 11 aliphatic rings. The highest BCUT2D eigenvalue weighted by molar-refractivity contribution is 7.61. The van der Waals surface area contributed by atoms with E-state index in [0.29, 0.717) is 46.0 Å². The Labute approximate surface area is 451 Å². The van der Waals surface area contributed by atoms with Crippen LogP contribution in [0.3, 0.4) is 0 Å². The minimum atomic E-state index is -0.551. The van der Waals surface area contributed by atoms with Crippen molar-refractivity contribution >= 4 is 50.0 Å². The lowest BCUT2D eigenvalue weighted by Crippen LogP contribution is -2.85. The summed E-state index contributed by atoms with van der Waals surface area (Å²) in [5.74, 6) is 0. The molecule has 6 heterocycles. The van der Waals surface area contributed by atoms with Gasteiger partial charge in [-0.05, 0) is 137 Å². The van der Waals surface area contributed by atoms with Crippen LogP contribution < -0.4 is 19.6 Å². The molecule has 0 aromatic heterocycles. The number of rotatable bonds is 8. The molecule has 5 aliphatic carbocycles. The standard InChI is InChI=1S/C66H70N4O4P2/c1-7-21-41(22-8-1)67(42-23-9-2-10-24-42)47-37-53-63-55(39-47)73-59-57-66-60(58-65(59)75(63)61-49(33-19-35-51(61)71-53)70(58)46-31-17-6-18-32-46)74-56-40-48(68(43-25-11-3-12-26-43)44-27-13-4-14-28-44)38-54-64(56)76(66)62-50(34-20-36-52(62)72-54)69(57)45-29-15-5-16-30-45/h1-18,21-32,47-66H,19-20,33-40H2. The number of nitrogens with zero attached hydrogens (tertiary/aromatic N) is 4. The summed E-state index contributed by atoms with van der Waals surface area (Å²) in [6.45, 7) is 0. The lowest BCUT2D eigenvalue weighted by atomic mass is 9.75.